The molecule has 0 bridgehead atoms. The van der Waals surface area contributed by atoms with E-state index < -0.39 is 17.7 Å². The Morgan fingerprint density at radius 1 is 0.921 bits per heavy atom. The van der Waals surface area contributed by atoms with Gasteiger partial charge < -0.3 is 19.5 Å². The van der Waals surface area contributed by atoms with Gasteiger partial charge in [-0.2, -0.15) is 0 Å². The molecule has 4 rings (SSSR count). The highest BCUT2D eigenvalue weighted by Gasteiger charge is 2.47. The minimum absolute atomic E-state index is 0.0182. The first-order valence-electron chi connectivity index (χ1n) is 12.7. The summed E-state index contributed by atoms with van der Waals surface area (Å²) in [4.78, 5) is 30.7. The van der Waals surface area contributed by atoms with Gasteiger partial charge in [-0.3, -0.25) is 14.5 Å². The molecule has 0 radical (unpaired) electrons. The van der Waals surface area contributed by atoms with Crippen LogP contribution < -0.4 is 19.3 Å². The third-order valence-electron chi connectivity index (χ3n) is 7.01. The number of carbonyl (C=O) groups is 2. The zero-order chi connectivity index (χ0) is 27.6. The molecule has 1 N–H and O–H groups in total. The van der Waals surface area contributed by atoms with E-state index in [0.29, 0.717) is 28.3 Å². The minimum Gasteiger partial charge on any atom is -0.507 e. The van der Waals surface area contributed by atoms with E-state index in [-0.39, 0.29) is 11.3 Å². The first-order chi connectivity index (χ1) is 18.2. The molecule has 7 nitrogen and oxygen atoms in total. The number of Topliss-reactive ketones (excluding diaryl/α,β-unsaturated/α-hetero) is 1. The molecule has 1 aliphatic rings. The molecule has 38 heavy (non-hydrogen) atoms. The Hall–Kier alpha value is -4.26. The fourth-order valence-electron chi connectivity index (χ4n) is 5.16. The summed E-state index contributed by atoms with van der Waals surface area (Å²) in [7, 11) is 3.09. The number of hydrogen-bond donors (Lipinski definition) is 1. The van der Waals surface area contributed by atoms with Crippen LogP contribution in [-0.2, 0) is 9.59 Å². The van der Waals surface area contributed by atoms with Gasteiger partial charge in [0.15, 0.2) is 0 Å². The van der Waals surface area contributed by atoms with Crippen molar-refractivity contribution < 1.29 is 24.2 Å². The fraction of sp³-hybridized carbons (Fsp3) is 0.290. The molecule has 3 aromatic rings. The number of rotatable bonds is 8. The largest absolute Gasteiger partial charge is 0.507 e. The lowest BCUT2D eigenvalue weighted by Gasteiger charge is -2.27. The number of anilines is 2. The van der Waals surface area contributed by atoms with Crippen molar-refractivity contribution in [1.29, 1.82) is 0 Å². The lowest BCUT2D eigenvalue weighted by molar-refractivity contribution is -0.132. The number of benzene rings is 3. The molecule has 1 aliphatic heterocycles. The molecule has 7 heteroatoms. The molecule has 0 saturated carbocycles. The number of ketones is 1. The summed E-state index contributed by atoms with van der Waals surface area (Å²) in [6, 6.07) is 17.6. The Morgan fingerprint density at radius 2 is 1.55 bits per heavy atom. The van der Waals surface area contributed by atoms with Crippen molar-refractivity contribution in [1.82, 2.24) is 0 Å². The van der Waals surface area contributed by atoms with Crippen LogP contribution in [-0.4, -0.2) is 44.1 Å². The number of ether oxygens (including phenoxy) is 2. The van der Waals surface area contributed by atoms with Gasteiger partial charge in [0.25, 0.3) is 11.7 Å². The highest BCUT2D eigenvalue weighted by Crippen LogP contribution is 2.44. The van der Waals surface area contributed by atoms with Gasteiger partial charge in [-0.25, -0.2) is 0 Å². The minimum atomic E-state index is -0.834. The van der Waals surface area contributed by atoms with Crippen molar-refractivity contribution in [2.24, 2.45) is 0 Å². The highest BCUT2D eigenvalue weighted by molar-refractivity contribution is 6.51. The van der Waals surface area contributed by atoms with Gasteiger partial charge in [0, 0.05) is 24.5 Å². The predicted molar refractivity (Wildman–Crippen MR) is 150 cm³/mol. The van der Waals surface area contributed by atoms with E-state index in [2.05, 4.69) is 18.7 Å². The number of methoxy groups -OCH3 is 2. The second kappa shape index (κ2) is 11.0. The number of aliphatic hydroxyl groups excluding tert-OH is 1. The molecular weight excluding hydrogens is 480 g/mol. The van der Waals surface area contributed by atoms with Gasteiger partial charge in [0.1, 0.15) is 17.3 Å². The third kappa shape index (κ3) is 4.72. The molecule has 1 saturated heterocycles. The van der Waals surface area contributed by atoms with Gasteiger partial charge in [-0.05, 0) is 86.8 Å². The number of nitrogens with zero attached hydrogens (tertiary/aromatic N) is 2. The molecule has 3 aromatic carbocycles. The lowest BCUT2D eigenvalue weighted by atomic mass is 9.93. The molecule has 1 heterocycles. The van der Waals surface area contributed by atoms with E-state index in [1.54, 1.807) is 37.4 Å². The Morgan fingerprint density at radius 3 is 2.11 bits per heavy atom. The Balaban J connectivity index is 1.95. The van der Waals surface area contributed by atoms with Gasteiger partial charge in [0.05, 0.1) is 31.4 Å². The predicted octanol–water partition coefficient (Wildman–Crippen LogP) is 5.79. The van der Waals surface area contributed by atoms with Crippen LogP contribution in [0.3, 0.4) is 0 Å². The maximum absolute atomic E-state index is 13.6. The van der Waals surface area contributed by atoms with Crippen LogP contribution in [0.1, 0.15) is 42.1 Å². The summed E-state index contributed by atoms with van der Waals surface area (Å²) in [5.74, 6) is -0.638. The van der Waals surface area contributed by atoms with Crippen LogP contribution in [0.2, 0.25) is 0 Å². The van der Waals surface area contributed by atoms with Crippen molar-refractivity contribution >= 4 is 28.8 Å². The number of amides is 1. The average molecular weight is 515 g/mol. The van der Waals surface area contributed by atoms with E-state index in [4.69, 9.17) is 9.47 Å². The lowest BCUT2D eigenvalue weighted by Crippen LogP contribution is -2.29. The van der Waals surface area contributed by atoms with E-state index in [1.807, 2.05) is 44.2 Å². The Bertz CT molecular complexity index is 1370. The first kappa shape index (κ1) is 26.8. The second-order valence-corrected chi connectivity index (χ2v) is 9.29. The SMILES string of the molecule is CCN(CC)c1ccc(C2/C(=C(\O)c3cc(C)cc(C)c3OC)C(=O)C(=O)N2c2ccc(OC)cc2)cc1. The van der Waals surface area contributed by atoms with Gasteiger partial charge in [-0.1, -0.05) is 18.2 Å². The summed E-state index contributed by atoms with van der Waals surface area (Å²) >= 11 is 0. The molecule has 1 atom stereocenters. The summed E-state index contributed by atoms with van der Waals surface area (Å²) in [5.41, 5.74) is 4.38. The van der Waals surface area contributed by atoms with Crippen LogP contribution in [0.5, 0.6) is 11.5 Å². The van der Waals surface area contributed by atoms with Crippen LogP contribution in [0.15, 0.2) is 66.2 Å². The summed E-state index contributed by atoms with van der Waals surface area (Å²) in [5, 5.41) is 11.6. The van der Waals surface area contributed by atoms with Crippen LogP contribution in [0.25, 0.3) is 5.76 Å². The number of aliphatic hydroxyl groups is 1. The molecule has 1 fully saturated rings. The zero-order valence-electron chi connectivity index (χ0n) is 22.7. The van der Waals surface area contributed by atoms with Crippen molar-refractivity contribution in [3.8, 4) is 11.5 Å². The first-order valence-corrected chi connectivity index (χ1v) is 12.7. The smallest absolute Gasteiger partial charge is 0.300 e. The van der Waals surface area contributed by atoms with Crippen molar-refractivity contribution in [3.05, 3.63) is 88.5 Å². The molecule has 0 aliphatic carbocycles. The summed E-state index contributed by atoms with van der Waals surface area (Å²) in [6.45, 7) is 9.67. The van der Waals surface area contributed by atoms with Crippen LogP contribution in [0.4, 0.5) is 11.4 Å². The van der Waals surface area contributed by atoms with Crippen molar-refractivity contribution in [2.45, 2.75) is 33.7 Å². The maximum atomic E-state index is 13.6. The van der Waals surface area contributed by atoms with E-state index in [9.17, 15) is 14.7 Å². The van der Waals surface area contributed by atoms with E-state index >= 15 is 0 Å². The van der Waals surface area contributed by atoms with Crippen molar-refractivity contribution in [2.75, 3.05) is 37.1 Å². The fourth-order valence-corrected chi connectivity index (χ4v) is 5.16. The number of hydrogen-bond acceptors (Lipinski definition) is 6. The maximum Gasteiger partial charge on any atom is 0.300 e. The standard InChI is InChI=1S/C31H34N2O5/c1-7-32(8-2)22-11-9-21(10-12-22)27-26(28(34)25-18-19(3)17-20(4)30(25)38-6)29(35)31(36)33(27)23-13-15-24(37-5)16-14-23/h9-18,27,34H,7-8H2,1-6H3/b28-26+. The molecule has 0 spiro atoms. The topological polar surface area (TPSA) is 79.3 Å². The summed E-state index contributed by atoms with van der Waals surface area (Å²) < 4.78 is 10.9. The monoisotopic (exact) mass is 514 g/mol. The molecule has 0 aromatic heterocycles. The zero-order valence-corrected chi connectivity index (χ0v) is 22.7. The van der Waals surface area contributed by atoms with E-state index in [1.165, 1.54) is 12.0 Å². The highest BCUT2D eigenvalue weighted by atomic mass is 16.5. The second-order valence-electron chi connectivity index (χ2n) is 9.29. The number of carbonyl (C=O) groups excluding carboxylic acids is 2. The van der Waals surface area contributed by atoms with Crippen LogP contribution in [0, 0.1) is 13.8 Å². The van der Waals surface area contributed by atoms with E-state index in [0.717, 1.165) is 29.9 Å². The average Bonchev–Trinajstić information content (AvgIpc) is 3.19. The van der Waals surface area contributed by atoms with Gasteiger partial charge in [0.2, 0.25) is 0 Å². The van der Waals surface area contributed by atoms with Crippen molar-refractivity contribution in [3.63, 3.8) is 0 Å². The molecular formula is C31H34N2O5. The third-order valence-corrected chi connectivity index (χ3v) is 7.01. The number of aryl methyl sites for hydroxylation is 2. The Kier molecular flexibility index (Phi) is 7.76. The molecule has 198 valence electrons. The normalized spacial score (nSPS) is 16.6. The van der Waals surface area contributed by atoms with Gasteiger partial charge in [-0.15, -0.1) is 0 Å². The molecule has 1 unspecified atom stereocenters. The Labute approximate surface area is 223 Å². The molecule has 1 amide bonds. The van der Waals surface area contributed by atoms with Crippen LogP contribution >= 0.6 is 0 Å². The quantitative estimate of drug-likeness (QED) is 0.233. The summed E-state index contributed by atoms with van der Waals surface area (Å²) in [6.07, 6.45) is 0. The van der Waals surface area contributed by atoms with Gasteiger partial charge >= 0.3 is 0 Å².